The molecule has 0 unspecified atom stereocenters. The van der Waals surface area contributed by atoms with Gasteiger partial charge in [0.15, 0.2) is 17.3 Å². The molecule has 2 heterocycles. The first-order valence-corrected chi connectivity index (χ1v) is 7.71. The van der Waals surface area contributed by atoms with Crippen LogP contribution in [0.4, 0.5) is 0 Å². The van der Waals surface area contributed by atoms with E-state index in [-0.39, 0.29) is 38.0 Å². The molecule has 3 rings (SSSR count). The number of thiophene rings is 1. The van der Waals surface area contributed by atoms with Crippen molar-refractivity contribution in [1.82, 2.24) is 0 Å². The van der Waals surface area contributed by atoms with E-state index in [2.05, 4.69) is 0 Å². The van der Waals surface area contributed by atoms with E-state index in [0.717, 1.165) is 5.56 Å². The summed E-state index contributed by atoms with van der Waals surface area (Å²) < 4.78 is 15.6. The smallest absolute Gasteiger partial charge is 0.306 e. The van der Waals surface area contributed by atoms with E-state index in [4.69, 9.17) is 14.2 Å². The molecule has 1 aliphatic heterocycles. The van der Waals surface area contributed by atoms with E-state index in [1.165, 1.54) is 11.3 Å². The lowest BCUT2D eigenvalue weighted by molar-refractivity contribution is -0.144. The number of rotatable bonds is 6. The zero-order valence-electron chi connectivity index (χ0n) is 11.7. The maximum Gasteiger partial charge on any atom is 0.306 e. The van der Waals surface area contributed by atoms with Crippen LogP contribution in [-0.2, 0) is 16.1 Å². The molecule has 0 fully saturated rings. The number of hydrogen-bond donors (Lipinski definition) is 0. The van der Waals surface area contributed by atoms with Gasteiger partial charge in [-0.1, -0.05) is 12.1 Å². The molecule has 0 amide bonds. The normalized spacial score (nSPS) is 12.2. The minimum absolute atomic E-state index is 0.0324. The molecule has 114 valence electrons. The minimum Gasteiger partial charge on any atom is -0.461 e. The predicted octanol–water partition coefficient (Wildman–Crippen LogP) is 3.18. The number of ether oxygens (including phenoxy) is 3. The van der Waals surface area contributed by atoms with Gasteiger partial charge in [-0.05, 0) is 29.1 Å². The Labute approximate surface area is 131 Å². The zero-order chi connectivity index (χ0) is 15.4. The molecule has 1 aromatic carbocycles. The lowest BCUT2D eigenvalue weighted by atomic mass is 10.2. The number of benzene rings is 1. The molecule has 5 nitrogen and oxygen atoms in total. The van der Waals surface area contributed by atoms with Crippen molar-refractivity contribution in [2.75, 3.05) is 6.79 Å². The summed E-state index contributed by atoms with van der Waals surface area (Å²) in [6.45, 7) is 0.367. The highest BCUT2D eigenvalue weighted by Gasteiger charge is 2.14. The number of fused-ring (bicyclic) bond motifs is 1. The molecule has 0 spiro atoms. The van der Waals surface area contributed by atoms with Gasteiger partial charge in [-0.15, -0.1) is 11.3 Å². The zero-order valence-corrected chi connectivity index (χ0v) is 12.6. The fourth-order valence-corrected chi connectivity index (χ4v) is 2.74. The fraction of sp³-hybridized carbons (Fsp3) is 0.250. The van der Waals surface area contributed by atoms with Gasteiger partial charge in [0, 0.05) is 6.42 Å². The standard InChI is InChI=1S/C16H14O5S/c17-12(15-2-1-7-22-15)4-6-16(18)19-9-11-3-5-13-14(8-11)21-10-20-13/h1-3,5,7-8H,4,6,9-10H2. The summed E-state index contributed by atoms with van der Waals surface area (Å²) in [5.74, 6) is 0.927. The van der Waals surface area contributed by atoms with Crippen LogP contribution in [-0.4, -0.2) is 18.5 Å². The summed E-state index contributed by atoms with van der Waals surface area (Å²) in [6.07, 6.45) is 0.252. The van der Waals surface area contributed by atoms with E-state index in [1.54, 1.807) is 18.2 Å². The number of ketones is 1. The summed E-state index contributed by atoms with van der Waals surface area (Å²) >= 11 is 1.38. The highest BCUT2D eigenvalue weighted by Crippen LogP contribution is 2.32. The molecule has 1 aliphatic rings. The molecule has 0 radical (unpaired) electrons. The van der Waals surface area contributed by atoms with Crippen molar-refractivity contribution in [2.24, 2.45) is 0 Å². The molecule has 0 saturated heterocycles. The Balaban J connectivity index is 1.45. The van der Waals surface area contributed by atoms with Crippen molar-refractivity contribution in [3.8, 4) is 11.5 Å². The Morgan fingerprint density at radius 3 is 2.82 bits per heavy atom. The second kappa shape index (κ2) is 6.62. The lowest BCUT2D eigenvalue weighted by Gasteiger charge is -2.05. The first-order valence-electron chi connectivity index (χ1n) is 6.83. The fourth-order valence-electron chi connectivity index (χ4n) is 2.04. The Kier molecular flexibility index (Phi) is 4.39. The van der Waals surface area contributed by atoms with Gasteiger partial charge in [0.05, 0.1) is 11.3 Å². The maximum absolute atomic E-state index is 11.8. The number of carbonyl (C=O) groups is 2. The van der Waals surface area contributed by atoms with Crippen molar-refractivity contribution >= 4 is 23.1 Å². The van der Waals surface area contributed by atoms with Crippen molar-refractivity contribution in [1.29, 1.82) is 0 Å². The Morgan fingerprint density at radius 2 is 2.00 bits per heavy atom. The molecule has 0 aliphatic carbocycles. The van der Waals surface area contributed by atoms with Crippen LogP contribution < -0.4 is 9.47 Å². The third-order valence-electron chi connectivity index (χ3n) is 3.19. The number of carbonyl (C=O) groups excluding carboxylic acids is 2. The van der Waals surface area contributed by atoms with Gasteiger partial charge in [0.2, 0.25) is 6.79 Å². The van der Waals surface area contributed by atoms with Crippen LogP contribution in [0.1, 0.15) is 28.1 Å². The van der Waals surface area contributed by atoms with E-state index < -0.39 is 0 Å². The Morgan fingerprint density at radius 1 is 1.14 bits per heavy atom. The minimum atomic E-state index is -0.387. The average molecular weight is 318 g/mol. The topological polar surface area (TPSA) is 61.8 Å². The molecular weight excluding hydrogens is 304 g/mol. The quantitative estimate of drug-likeness (QED) is 0.604. The first kappa shape index (κ1) is 14.6. The predicted molar refractivity (Wildman–Crippen MR) is 80.2 cm³/mol. The second-order valence-corrected chi connectivity index (χ2v) is 5.70. The molecule has 0 bridgehead atoms. The highest BCUT2D eigenvalue weighted by molar-refractivity contribution is 7.12. The summed E-state index contributed by atoms with van der Waals surface area (Å²) in [5.41, 5.74) is 0.821. The van der Waals surface area contributed by atoms with Crippen molar-refractivity contribution in [3.05, 3.63) is 46.2 Å². The van der Waals surface area contributed by atoms with Crippen molar-refractivity contribution in [3.63, 3.8) is 0 Å². The molecule has 0 saturated carbocycles. The number of Topliss-reactive ketones (excluding diaryl/α,β-unsaturated/α-hetero) is 1. The maximum atomic E-state index is 11.8. The van der Waals surface area contributed by atoms with Crippen LogP contribution in [0.5, 0.6) is 11.5 Å². The summed E-state index contributed by atoms with van der Waals surface area (Å²) in [4.78, 5) is 24.2. The molecule has 2 aromatic rings. The van der Waals surface area contributed by atoms with E-state index in [0.29, 0.717) is 16.4 Å². The van der Waals surface area contributed by atoms with Crippen LogP contribution in [0.3, 0.4) is 0 Å². The third kappa shape index (κ3) is 3.46. The van der Waals surface area contributed by atoms with Crippen LogP contribution in [0, 0.1) is 0 Å². The summed E-state index contributed by atoms with van der Waals surface area (Å²) in [5, 5.41) is 1.84. The van der Waals surface area contributed by atoms with Gasteiger partial charge in [-0.3, -0.25) is 9.59 Å². The third-order valence-corrected chi connectivity index (χ3v) is 4.10. The van der Waals surface area contributed by atoms with Gasteiger partial charge >= 0.3 is 5.97 Å². The van der Waals surface area contributed by atoms with Crippen LogP contribution in [0.2, 0.25) is 0 Å². The van der Waals surface area contributed by atoms with E-state index in [9.17, 15) is 9.59 Å². The largest absolute Gasteiger partial charge is 0.461 e. The summed E-state index contributed by atoms with van der Waals surface area (Å²) in [6, 6.07) is 8.95. The van der Waals surface area contributed by atoms with Crippen LogP contribution in [0.25, 0.3) is 0 Å². The average Bonchev–Trinajstić information content (AvgIpc) is 3.20. The van der Waals surface area contributed by atoms with Crippen LogP contribution >= 0.6 is 11.3 Å². The van der Waals surface area contributed by atoms with Gasteiger partial charge in [0.1, 0.15) is 6.61 Å². The molecule has 22 heavy (non-hydrogen) atoms. The van der Waals surface area contributed by atoms with Crippen molar-refractivity contribution in [2.45, 2.75) is 19.4 Å². The molecule has 6 heteroatoms. The Hall–Kier alpha value is -2.34. The first-order chi connectivity index (χ1) is 10.7. The van der Waals surface area contributed by atoms with Gasteiger partial charge in [-0.2, -0.15) is 0 Å². The lowest BCUT2D eigenvalue weighted by Crippen LogP contribution is -2.07. The van der Waals surface area contributed by atoms with Crippen molar-refractivity contribution < 1.29 is 23.8 Å². The molecule has 0 atom stereocenters. The second-order valence-electron chi connectivity index (χ2n) is 4.75. The van der Waals surface area contributed by atoms with E-state index in [1.807, 2.05) is 17.5 Å². The Bertz CT molecular complexity index is 678. The number of esters is 1. The van der Waals surface area contributed by atoms with E-state index >= 15 is 0 Å². The molecular formula is C16H14O5S. The van der Waals surface area contributed by atoms with Gasteiger partial charge in [0.25, 0.3) is 0 Å². The van der Waals surface area contributed by atoms with Gasteiger partial charge in [-0.25, -0.2) is 0 Å². The highest BCUT2D eigenvalue weighted by atomic mass is 32.1. The van der Waals surface area contributed by atoms with Gasteiger partial charge < -0.3 is 14.2 Å². The molecule has 1 aromatic heterocycles. The summed E-state index contributed by atoms with van der Waals surface area (Å²) in [7, 11) is 0. The number of hydrogen-bond acceptors (Lipinski definition) is 6. The molecule has 0 N–H and O–H groups in total. The SMILES string of the molecule is O=C(CCC(=O)c1cccs1)OCc1ccc2c(c1)OCO2. The van der Waals surface area contributed by atoms with Crippen LogP contribution in [0.15, 0.2) is 35.7 Å². The monoisotopic (exact) mass is 318 g/mol.